The molecule has 156 valence electrons. The van der Waals surface area contributed by atoms with E-state index < -0.39 is 11.5 Å². The Morgan fingerprint density at radius 1 is 1.13 bits per heavy atom. The number of benzene rings is 2. The summed E-state index contributed by atoms with van der Waals surface area (Å²) in [6.07, 6.45) is 0. The SMILES string of the molecule is COc1cc(-c2ccsc2)c(C(C)(Nc2ccc(C(=N)N)cc2)C(=O)O)cc1OC. The quantitative estimate of drug-likeness (QED) is 0.318. The van der Waals surface area contributed by atoms with E-state index in [1.54, 1.807) is 50.4 Å². The van der Waals surface area contributed by atoms with Crippen LogP contribution in [0.3, 0.4) is 0 Å². The van der Waals surface area contributed by atoms with Crippen LogP contribution in [0.15, 0.2) is 53.2 Å². The van der Waals surface area contributed by atoms with E-state index in [0.29, 0.717) is 28.3 Å². The number of carboxylic acids is 1. The number of carboxylic acid groups (broad SMARTS) is 1. The number of nitrogens with one attached hydrogen (secondary N) is 2. The number of aliphatic carboxylic acids is 1. The van der Waals surface area contributed by atoms with Gasteiger partial charge in [-0.2, -0.15) is 11.3 Å². The van der Waals surface area contributed by atoms with E-state index in [1.807, 2.05) is 16.8 Å². The number of rotatable bonds is 8. The minimum absolute atomic E-state index is 0.0535. The van der Waals surface area contributed by atoms with Gasteiger partial charge in [-0.15, -0.1) is 0 Å². The van der Waals surface area contributed by atoms with E-state index in [0.717, 1.165) is 11.1 Å². The first-order chi connectivity index (χ1) is 14.3. The third-order valence-electron chi connectivity index (χ3n) is 4.91. The van der Waals surface area contributed by atoms with Crippen molar-refractivity contribution in [3.8, 4) is 22.6 Å². The smallest absolute Gasteiger partial charge is 0.333 e. The van der Waals surface area contributed by atoms with Crippen LogP contribution in [0.2, 0.25) is 0 Å². The maximum Gasteiger partial charge on any atom is 0.333 e. The monoisotopic (exact) mass is 425 g/mol. The van der Waals surface area contributed by atoms with Crippen LogP contribution in [-0.2, 0) is 10.3 Å². The van der Waals surface area contributed by atoms with E-state index in [-0.39, 0.29) is 5.84 Å². The molecule has 0 saturated carbocycles. The van der Waals surface area contributed by atoms with E-state index >= 15 is 0 Å². The topological polar surface area (TPSA) is 118 Å². The molecule has 2 aromatic carbocycles. The highest BCUT2D eigenvalue weighted by Crippen LogP contribution is 2.42. The fourth-order valence-corrected chi connectivity index (χ4v) is 3.86. The van der Waals surface area contributed by atoms with Crippen LogP contribution in [0.25, 0.3) is 11.1 Å². The molecule has 0 saturated heterocycles. The number of nitrogen functional groups attached to an aromatic ring is 1. The van der Waals surface area contributed by atoms with Gasteiger partial charge in [-0.25, -0.2) is 4.79 Å². The number of methoxy groups -OCH3 is 2. The summed E-state index contributed by atoms with van der Waals surface area (Å²) in [5.41, 5.74) is 7.31. The van der Waals surface area contributed by atoms with Gasteiger partial charge in [-0.05, 0) is 71.3 Å². The number of ether oxygens (including phenoxy) is 2. The highest BCUT2D eigenvalue weighted by molar-refractivity contribution is 7.08. The minimum atomic E-state index is -1.48. The molecule has 0 aliphatic heterocycles. The molecule has 1 aromatic heterocycles. The van der Waals surface area contributed by atoms with Gasteiger partial charge in [-0.3, -0.25) is 5.41 Å². The van der Waals surface area contributed by atoms with Gasteiger partial charge in [0.15, 0.2) is 17.0 Å². The molecule has 0 spiro atoms. The summed E-state index contributed by atoms with van der Waals surface area (Å²) in [7, 11) is 3.05. The molecule has 0 bridgehead atoms. The lowest BCUT2D eigenvalue weighted by Gasteiger charge is -2.31. The summed E-state index contributed by atoms with van der Waals surface area (Å²) in [4.78, 5) is 12.5. The lowest BCUT2D eigenvalue weighted by Crippen LogP contribution is -2.41. The summed E-state index contributed by atoms with van der Waals surface area (Å²) in [5, 5.41) is 24.7. The van der Waals surface area contributed by atoms with Crippen molar-refractivity contribution in [2.45, 2.75) is 12.5 Å². The van der Waals surface area contributed by atoms with E-state index in [9.17, 15) is 9.90 Å². The number of anilines is 1. The van der Waals surface area contributed by atoms with Crippen LogP contribution in [0.4, 0.5) is 5.69 Å². The zero-order chi connectivity index (χ0) is 21.9. The fraction of sp³-hybridized carbons (Fsp3) is 0.182. The second kappa shape index (κ2) is 8.46. The number of carbonyl (C=O) groups is 1. The van der Waals surface area contributed by atoms with Crippen LogP contribution in [-0.4, -0.2) is 31.1 Å². The molecule has 3 rings (SSSR count). The summed E-state index contributed by atoms with van der Waals surface area (Å²) >= 11 is 1.52. The molecule has 0 aliphatic rings. The van der Waals surface area contributed by atoms with Crippen LogP contribution < -0.4 is 20.5 Å². The third-order valence-corrected chi connectivity index (χ3v) is 5.60. The lowest BCUT2D eigenvalue weighted by molar-refractivity contribution is -0.142. The van der Waals surface area contributed by atoms with Crippen LogP contribution in [0, 0.1) is 5.41 Å². The molecule has 0 fully saturated rings. The highest BCUT2D eigenvalue weighted by Gasteiger charge is 2.38. The van der Waals surface area contributed by atoms with E-state index in [1.165, 1.54) is 18.4 Å². The van der Waals surface area contributed by atoms with Crippen molar-refractivity contribution < 1.29 is 19.4 Å². The predicted octanol–water partition coefficient (Wildman–Crippen LogP) is 4.13. The first kappa shape index (κ1) is 21.2. The number of thiophene rings is 1. The van der Waals surface area contributed by atoms with Crippen LogP contribution in [0.1, 0.15) is 18.1 Å². The van der Waals surface area contributed by atoms with E-state index in [4.69, 9.17) is 20.6 Å². The predicted molar refractivity (Wildman–Crippen MR) is 119 cm³/mol. The molecular formula is C22H23N3O4S. The van der Waals surface area contributed by atoms with Crippen LogP contribution >= 0.6 is 11.3 Å². The molecule has 30 heavy (non-hydrogen) atoms. The standard InChI is InChI=1S/C22H23N3O4S/c1-22(21(26)27,25-15-6-4-13(5-7-15)20(23)24)17-11-19(29-3)18(28-2)10-16(17)14-8-9-30-12-14/h4-12,25H,1-3H3,(H3,23,24)(H,26,27). The number of amidine groups is 1. The van der Waals surface area contributed by atoms with Crippen LogP contribution in [0.5, 0.6) is 11.5 Å². The molecule has 5 N–H and O–H groups in total. The van der Waals surface area contributed by atoms with Gasteiger partial charge >= 0.3 is 5.97 Å². The normalized spacial score (nSPS) is 12.6. The molecule has 1 atom stereocenters. The number of hydrogen-bond acceptors (Lipinski definition) is 6. The second-order valence-electron chi connectivity index (χ2n) is 6.81. The Morgan fingerprint density at radius 2 is 1.77 bits per heavy atom. The minimum Gasteiger partial charge on any atom is -0.493 e. The fourth-order valence-electron chi connectivity index (χ4n) is 3.21. The molecule has 8 heteroatoms. The number of nitrogens with two attached hydrogens (primary N) is 1. The van der Waals surface area contributed by atoms with E-state index in [2.05, 4.69) is 5.32 Å². The van der Waals surface area contributed by atoms with Crippen molar-refractivity contribution in [3.05, 3.63) is 64.4 Å². The van der Waals surface area contributed by atoms with Gasteiger partial charge in [0.25, 0.3) is 0 Å². The molecule has 1 unspecified atom stereocenters. The zero-order valence-corrected chi connectivity index (χ0v) is 17.7. The van der Waals surface area contributed by atoms with Crippen molar-refractivity contribution in [1.29, 1.82) is 5.41 Å². The Balaban J connectivity index is 2.16. The van der Waals surface area contributed by atoms with Gasteiger partial charge < -0.3 is 25.6 Å². The molecular weight excluding hydrogens is 402 g/mol. The number of hydrogen-bond donors (Lipinski definition) is 4. The van der Waals surface area contributed by atoms with Crippen molar-refractivity contribution >= 4 is 28.8 Å². The molecule has 7 nitrogen and oxygen atoms in total. The summed E-state index contributed by atoms with van der Waals surface area (Å²) < 4.78 is 10.9. The van der Waals surface area contributed by atoms with Crippen molar-refractivity contribution in [1.82, 2.24) is 0 Å². The summed E-state index contributed by atoms with van der Waals surface area (Å²) in [6, 6.07) is 12.1. The second-order valence-corrected chi connectivity index (χ2v) is 7.59. The summed E-state index contributed by atoms with van der Waals surface area (Å²) in [6.45, 7) is 1.60. The van der Waals surface area contributed by atoms with Gasteiger partial charge in [0.1, 0.15) is 5.84 Å². The largest absolute Gasteiger partial charge is 0.493 e. The van der Waals surface area contributed by atoms with Gasteiger partial charge in [0.2, 0.25) is 0 Å². The Bertz CT molecular complexity index is 1060. The van der Waals surface area contributed by atoms with Crippen molar-refractivity contribution in [2.75, 3.05) is 19.5 Å². The lowest BCUT2D eigenvalue weighted by atomic mass is 9.85. The van der Waals surface area contributed by atoms with Gasteiger partial charge in [-0.1, -0.05) is 0 Å². The third kappa shape index (κ3) is 3.95. The molecule has 1 heterocycles. The Morgan fingerprint density at radius 3 is 2.27 bits per heavy atom. The molecule has 0 amide bonds. The summed E-state index contributed by atoms with van der Waals surface area (Å²) in [5.74, 6) is -0.155. The maximum atomic E-state index is 12.5. The first-order valence-electron chi connectivity index (χ1n) is 9.05. The Labute approximate surface area is 178 Å². The zero-order valence-electron chi connectivity index (χ0n) is 16.9. The Kier molecular flexibility index (Phi) is 5.98. The van der Waals surface area contributed by atoms with Crippen molar-refractivity contribution in [3.63, 3.8) is 0 Å². The average molecular weight is 426 g/mol. The Hall–Kier alpha value is -3.52. The highest BCUT2D eigenvalue weighted by atomic mass is 32.1. The molecule has 3 aromatic rings. The van der Waals surface area contributed by atoms with Crippen molar-refractivity contribution in [2.24, 2.45) is 5.73 Å². The molecule has 0 radical (unpaired) electrons. The average Bonchev–Trinajstić information content (AvgIpc) is 3.27. The van der Waals surface area contributed by atoms with Gasteiger partial charge in [0.05, 0.1) is 14.2 Å². The van der Waals surface area contributed by atoms with Gasteiger partial charge in [0, 0.05) is 16.8 Å². The molecule has 0 aliphatic carbocycles. The maximum absolute atomic E-state index is 12.5. The first-order valence-corrected chi connectivity index (χ1v) is 9.99.